The monoisotopic (exact) mass is 244 g/mol. The highest BCUT2D eigenvalue weighted by Gasteiger charge is 2.30. The Kier molecular flexibility index (Phi) is 3.77. The van der Waals surface area contributed by atoms with E-state index in [2.05, 4.69) is 5.32 Å². The van der Waals surface area contributed by atoms with Gasteiger partial charge < -0.3 is 5.32 Å². The number of hydrogen-bond donors (Lipinski definition) is 1. The molecule has 1 aromatic carbocycles. The molecule has 0 fully saturated rings. The van der Waals surface area contributed by atoms with Crippen molar-refractivity contribution in [3.05, 3.63) is 42.1 Å². The van der Waals surface area contributed by atoms with E-state index >= 15 is 0 Å². The van der Waals surface area contributed by atoms with Gasteiger partial charge in [-0.15, -0.1) is 0 Å². The van der Waals surface area contributed by atoms with Crippen LogP contribution in [0.3, 0.4) is 0 Å². The molecule has 1 aromatic rings. The second kappa shape index (κ2) is 5.49. The molecule has 0 saturated heterocycles. The number of hydrogen-bond acceptors (Lipinski definition) is 3. The van der Waals surface area contributed by atoms with Crippen LogP contribution in [0, 0.1) is 0 Å². The first-order valence-corrected chi connectivity index (χ1v) is 6.12. The second-order valence-corrected chi connectivity index (χ2v) is 4.20. The molecular formula is C14H16N2O2. The maximum absolute atomic E-state index is 12.0. The van der Waals surface area contributed by atoms with Crippen molar-refractivity contribution in [1.29, 1.82) is 0 Å². The Hall–Kier alpha value is -2.10. The third-order valence-electron chi connectivity index (χ3n) is 2.80. The molecule has 2 rings (SSSR count). The third kappa shape index (κ3) is 2.59. The van der Waals surface area contributed by atoms with Crippen LogP contribution in [0.25, 0.3) is 0 Å². The zero-order chi connectivity index (χ0) is 13.0. The van der Waals surface area contributed by atoms with Crippen molar-refractivity contribution in [3.8, 4) is 0 Å². The number of carbonyl (C=O) groups is 2. The summed E-state index contributed by atoms with van der Waals surface area (Å²) in [4.78, 5) is 25.0. The van der Waals surface area contributed by atoms with Crippen molar-refractivity contribution in [2.75, 3.05) is 11.9 Å². The zero-order valence-corrected chi connectivity index (χ0v) is 10.3. The molecule has 4 nitrogen and oxygen atoms in total. The molecule has 0 spiro atoms. The normalized spacial score (nSPS) is 14.9. The van der Waals surface area contributed by atoms with Gasteiger partial charge in [-0.25, -0.2) is 0 Å². The number of nitrogens with zero attached hydrogens (tertiary/aromatic N) is 1. The summed E-state index contributed by atoms with van der Waals surface area (Å²) < 4.78 is 0. The van der Waals surface area contributed by atoms with E-state index in [0.717, 1.165) is 18.5 Å². The summed E-state index contributed by atoms with van der Waals surface area (Å²) in [5, 5.41) is 2.98. The standard InChI is InChI=1S/C14H16N2O2/c1-2-3-9-16-13(17)10-12(14(16)18)15-11-7-5-4-6-8-11/h4-8,10,15H,2-3,9H2,1H3. The molecule has 1 aliphatic rings. The van der Waals surface area contributed by atoms with Crippen LogP contribution in [0.15, 0.2) is 42.1 Å². The largest absolute Gasteiger partial charge is 0.351 e. The molecule has 0 radical (unpaired) electrons. The highest BCUT2D eigenvalue weighted by molar-refractivity contribution is 6.17. The maximum Gasteiger partial charge on any atom is 0.277 e. The van der Waals surface area contributed by atoms with Gasteiger partial charge in [0.1, 0.15) is 5.70 Å². The van der Waals surface area contributed by atoms with Crippen LogP contribution in [0.5, 0.6) is 0 Å². The lowest BCUT2D eigenvalue weighted by Gasteiger charge is -2.14. The fourth-order valence-corrected chi connectivity index (χ4v) is 1.80. The van der Waals surface area contributed by atoms with E-state index in [9.17, 15) is 9.59 Å². The van der Waals surface area contributed by atoms with Crippen molar-refractivity contribution in [2.45, 2.75) is 19.8 Å². The molecule has 0 aliphatic carbocycles. The minimum atomic E-state index is -0.239. The van der Waals surface area contributed by atoms with E-state index in [1.54, 1.807) is 0 Å². The van der Waals surface area contributed by atoms with Crippen molar-refractivity contribution in [3.63, 3.8) is 0 Å². The van der Waals surface area contributed by atoms with Gasteiger partial charge in [-0.3, -0.25) is 14.5 Å². The Morgan fingerprint density at radius 3 is 2.56 bits per heavy atom. The predicted octanol–water partition coefficient (Wildman–Crippen LogP) is 2.15. The van der Waals surface area contributed by atoms with Gasteiger partial charge in [0.2, 0.25) is 0 Å². The van der Waals surface area contributed by atoms with Gasteiger partial charge in [-0.2, -0.15) is 0 Å². The topological polar surface area (TPSA) is 49.4 Å². The number of imide groups is 1. The molecule has 1 aliphatic heterocycles. The third-order valence-corrected chi connectivity index (χ3v) is 2.80. The van der Waals surface area contributed by atoms with Crippen LogP contribution in [0.2, 0.25) is 0 Å². The lowest BCUT2D eigenvalue weighted by atomic mass is 10.3. The summed E-state index contributed by atoms with van der Waals surface area (Å²) in [6.45, 7) is 2.52. The average molecular weight is 244 g/mol. The fourth-order valence-electron chi connectivity index (χ4n) is 1.80. The minimum Gasteiger partial charge on any atom is -0.351 e. The molecule has 0 bridgehead atoms. The number of benzene rings is 1. The van der Waals surface area contributed by atoms with Gasteiger partial charge in [0.15, 0.2) is 0 Å². The van der Waals surface area contributed by atoms with Crippen LogP contribution in [-0.2, 0) is 9.59 Å². The Morgan fingerprint density at radius 2 is 1.89 bits per heavy atom. The van der Waals surface area contributed by atoms with Crippen molar-refractivity contribution in [1.82, 2.24) is 4.90 Å². The number of amides is 2. The van der Waals surface area contributed by atoms with E-state index in [0.29, 0.717) is 12.2 Å². The van der Waals surface area contributed by atoms with Crippen LogP contribution < -0.4 is 5.32 Å². The summed E-state index contributed by atoms with van der Waals surface area (Å²) in [6.07, 6.45) is 3.16. The molecule has 18 heavy (non-hydrogen) atoms. The van der Waals surface area contributed by atoms with E-state index in [1.807, 2.05) is 37.3 Å². The molecule has 0 saturated carbocycles. The van der Waals surface area contributed by atoms with E-state index in [-0.39, 0.29) is 11.8 Å². The summed E-state index contributed by atoms with van der Waals surface area (Å²) in [7, 11) is 0. The number of carbonyl (C=O) groups excluding carboxylic acids is 2. The summed E-state index contributed by atoms with van der Waals surface area (Å²) in [5.74, 6) is -0.468. The van der Waals surface area contributed by atoms with Gasteiger partial charge in [0.25, 0.3) is 11.8 Å². The molecule has 94 valence electrons. The first kappa shape index (κ1) is 12.4. The molecule has 0 unspecified atom stereocenters. The van der Waals surface area contributed by atoms with Gasteiger partial charge >= 0.3 is 0 Å². The molecule has 1 N–H and O–H groups in total. The molecule has 1 heterocycles. The van der Waals surface area contributed by atoms with Gasteiger partial charge in [-0.1, -0.05) is 31.5 Å². The molecular weight excluding hydrogens is 228 g/mol. The van der Waals surface area contributed by atoms with Gasteiger partial charge in [0, 0.05) is 18.3 Å². The van der Waals surface area contributed by atoms with Gasteiger partial charge in [0.05, 0.1) is 0 Å². The van der Waals surface area contributed by atoms with Crippen LogP contribution >= 0.6 is 0 Å². The Morgan fingerprint density at radius 1 is 1.17 bits per heavy atom. The van der Waals surface area contributed by atoms with Crippen LogP contribution in [-0.4, -0.2) is 23.3 Å². The van der Waals surface area contributed by atoms with Crippen molar-refractivity contribution >= 4 is 17.5 Å². The summed E-state index contributed by atoms with van der Waals surface area (Å²) >= 11 is 0. The quantitative estimate of drug-likeness (QED) is 0.807. The van der Waals surface area contributed by atoms with E-state index < -0.39 is 0 Å². The summed E-state index contributed by atoms with van der Waals surface area (Å²) in [5.41, 5.74) is 1.16. The van der Waals surface area contributed by atoms with Crippen LogP contribution in [0.1, 0.15) is 19.8 Å². The number of rotatable bonds is 5. The second-order valence-electron chi connectivity index (χ2n) is 4.20. The lowest BCUT2D eigenvalue weighted by Crippen LogP contribution is -2.32. The van der Waals surface area contributed by atoms with Crippen LogP contribution in [0.4, 0.5) is 5.69 Å². The smallest absolute Gasteiger partial charge is 0.277 e. The molecule has 4 heteroatoms. The molecule has 0 atom stereocenters. The number of nitrogens with one attached hydrogen (secondary N) is 1. The molecule has 0 aromatic heterocycles. The number of anilines is 1. The van der Waals surface area contributed by atoms with Gasteiger partial charge in [-0.05, 0) is 18.6 Å². The van der Waals surface area contributed by atoms with E-state index in [4.69, 9.17) is 0 Å². The highest BCUT2D eigenvalue weighted by Crippen LogP contribution is 2.17. The first-order chi connectivity index (χ1) is 8.72. The SMILES string of the molecule is CCCCN1C(=O)C=C(Nc2ccccc2)C1=O. The van der Waals surface area contributed by atoms with Crippen molar-refractivity contribution < 1.29 is 9.59 Å². The number of unbranched alkanes of at least 4 members (excludes halogenated alkanes) is 1. The summed E-state index contributed by atoms with van der Waals surface area (Å²) in [6, 6.07) is 9.35. The van der Waals surface area contributed by atoms with E-state index in [1.165, 1.54) is 11.0 Å². The Balaban J connectivity index is 2.05. The Bertz CT molecular complexity index is 480. The fraction of sp³-hybridized carbons (Fsp3) is 0.286. The maximum atomic E-state index is 12.0. The molecule has 2 amide bonds. The average Bonchev–Trinajstić information content (AvgIpc) is 2.64. The zero-order valence-electron chi connectivity index (χ0n) is 10.3. The highest BCUT2D eigenvalue weighted by atomic mass is 16.2. The first-order valence-electron chi connectivity index (χ1n) is 6.12. The van der Waals surface area contributed by atoms with Crippen molar-refractivity contribution in [2.24, 2.45) is 0 Å². The minimum absolute atomic E-state index is 0.230. The predicted molar refractivity (Wildman–Crippen MR) is 69.8 cm³/mol. The lowest BCUT2D eigenvalue weighted by molar-refractivity contribution is -0.137. The number of para-hydroxylation sites is 1. The Labute approximate surface area is 106 Å².